The second-order valence-corrected chi connectivity index (χ2v) is 8.11. The number of sulfone groups is 1. The van der Waals surface area contributed by atoms with Gasteiger partial charge in [0.1, 0.15) is 21.7 Å². The molecule has 130 valence electrons. The summed E-state index contributed by atoms with van der Waals surface area (Å²) in [6, 6.07) is 4.49. The van der Waals surface area contributed by atoms with Gasteiger partial charge in [-0.05, 0) is 43.7 Å². The molecule has 0 aliphatic carbocycles. The molecule has 1 aromatic carbocycles. The van der Waals surface area contributed by atoms with Crippen molar-refractivity contribution in [1.82, 2.24) is 5.32 Å². The van der Waals surface area contributed by atoms with Crippen molar-refractivity contribution in [1.29, 1.82) is 0 Å². The Morgan fingerprint density at radius 3 is 2.43 bits per heavy atom. The van der Waals surface area contributed by atoms with Crippen molar-refractivity contribution >= 4 is 9.84 Å². The van der Waals surface area contributed by atoms with Gasteiger partial charge in [-0.25, -0.2) is 8.42 Å². The zero-order valence-electron chi connectivity index (χ0n) is 12.8. The lowest BCUT2D eigenvalue weighted by atomic mass is 9.99. The maximum absolute atomic E-state index is 12.6. The van der Waals surface area contributed by atoms with Crippen LogP contribution >= 0.6 is 0 Å². The molecule has 1 fully saturated rings. The van der Waals surface area contributed by atoms with Crippen LogP contribution in [0.4, 0.5) is 13.2 Å². The van der Waals surface area contributed by atoms with Crippen molar-refractivity contribution in [3.8, 4) is 5.75 Å². The first-order valence-electron chi connectivity index (χ1n) is 7.37. The molecule has 0 bridgehead atoms. The fourth-order valence-corrected chi connectivity index (χ4v) is 3.27. The average molecular weight is 351 g/mol. The van der Waals surface area contributed by atoms with E-state index in [2.05, 4.69) is 5.32 Å². The Morgan fingerprint density at radius 2 is 1.96 bits per heavy atom. The Bertz CT molecular complexity index is 608. The van der Waals surface area contributed by atoms with Gasteiger partial charge in [0.2, 0.25) is 0 Å². The normalized spacial score (nSPS) is 20.4. The van der Waals surface area contributed by atoms with Crippen molar-refractivity contribution in [2.45, 2.75) is 25.1 Å². The van der Waals surface area contributed by atoms with Crippen LogP contribution in [-0.2, 0) is 16.0 Å². The highest BCUT2D eigenvalue weighted by Crippen LogP contribution is 2.31. The highest BCUT2D eigenvalue weighted by atomic mass is 32.2. The van der Waals surface area contributed by atoms with E-state index in [0.717, 1.165) is 37.9 Å². The third-order valence-electron chi connectivity index (χ3n) is 3.87. The summed E-state index contributed by atoms with van der Waals surface area (Å²) < 4.78 is 66.2. The molecule has 23 heavy (non-hydrogen) atoms. The number of benzene rings is 1. The van der Waals surface area contributed by atoms with Crippen molar-refractivity contribution in [2.24, 2.45) is 5.92 Å². The van der Waals surface area contributed by atoms with Crippen LogP contribution in [0.3, 0.4) is 0 Å². The Kier molecular flexibility index (Phi) is 5.57. The van der Waals surface area contributed by atoms with Gasteiger partial charge in [-0.3, -0.25) is 0 Å². The molecule has 0 amide bonds. The molecule has 1 saturated heterocycles. The number of ether oxygens (including phenoxy) is 1. The molecule has 0 saturated carbocycles. The van der Waals surface area contributed by atoms with E-state index in [9.17, 15) is 21.6 Å². The van der Waals surface area contributed by atoms with Gasteiger partial charge in [0.15, 0.2) is 0 Å². The van der Waals surface area contributed by atoms with Gasteiger partial charge in [0.25, 0.3) is 0 Å². The highest BCUT2D eigenvalue weighted by molar-refractivity contribution is 7.90. The summed E-state index contributed by atoms with van der Waals surface area (Å²) in [6.07, 6.45) is -2.38. The zero-order chi connectivity index (χ0) is 17.1. The average Bonchev–Trinajstić information content (AvgIpc) is 2.96. The van der Waals surface area contributed by atoms with Gasteiger partial charge in [-0.1, -0.05) is 0 Å². The van der Waals surface area contributed by atoms with Crippen LogP contribution in [0, 0.1) is 5.92 Å². The summed E-state index contributed by atoms with van der Waals surface area (Å²) in [4.78, 5) is 0. The summed E-state index contributed by atoms with van der Waals surface area (Å²) >= 11 is 0. The molecule has 0 spiro atoms. The molecule has 1 unspecified atom stereocenters. The molecule has 0 radical (unpaired) electrons. The maximum atomic E-state index is 12.6. The van der Waals surface area contributed by atoms with Gasteiger partial charge in [0.05, 0.1) is 11.3 Å². The maximum Gasteiger partial charge on any atom is 0.416 e. The van der Waals surface area contributed by atoms with E-state index in [4.69, 9.17) is 4.74 Å². The molecule has 4 nitrogen and oxygen atoms in total. The molecule has 1 heterocycles. The molecule has 1 N–H and O–H groups in total. The van der Waals surface area contributed by atoms with Crippen LogP contribution in [0.5, 0.6) is 5.75 Å². The van der Waals surface area contributed by atoms with E-state index in [1.807, 2.05) is 0 Å². The highest BCUT2D eigenvalue weighted by Gasteiger charge is 2.31. The van der Waals surface area contributed by atoms with Crippen molar-refractivity contribution in [3.05, 3.63) is 29.8 Å². The molecule has 1 aliphatic rings. The minimum Gasteiger partial charge on any atom is -0.490 e. The van der Waals surface area contributed by atoms with Crippen LogP contribution in [0.1, 0.15) is 18.4 Å². The Morgan fingerprint density at radius 1 is 1.30 bits per heavy atom. The van der Waals surface area contributed by atoms with Crippen LogP contribution in [0.2, 0.25) is 0 Å². The second-order valence-electron chi connectivity index (χ2n) is 5.85. The molecular formula is C15H20F3NO3S. The third-order valence-corrected chi connectivity index (χ3v) is 4.84. The van der Waals surface area contributed by atoms with Gasteiger partial charge < -0.3 is 10.1 Å². The molecule has 8 heteroatoms. The summed E-state index contributed by atoms with van der Waals surface area (Å²) in [5.41, 5.74) is -0.736. The number of alkyl halides is 3. The molecule has 2 atom stereocenters. The minimum absolute atomic E-state index is 0.00516. The van der Waals surface area contributed by atoms with Crippen LogP contribution in [-0.4, -0.2) is 39.6 Å². The van der Waals surface area contributed by atoms with Crippen LogP contribution in [0.25, 0.3) is 0 Å². The lowest BCUT2D eigenvalue weighted by Gasteiger charge is -2.24. The molecular weight excluding hydrogens is 331 g/mol. The largest absolute Gasteiger partial charge is 0.490 e. The van der Waals surface area contributed by atoms with Crippen LogP contribution < -0.4 is 10.1 Å². The number of halogens is 3. The molecule has 1 aliphatic heterocycles. The molecule has 2 rings (SSSR count). The Hall–Kier alpha value is -1.28. The Labute approximate surface area is 133 Å². The van der Waals surface area contributed by atoms with E-state index >= 15 is 0 Å². The van der Waals surface area contributed by atoms with Crippen molar-refractivity contribution in [2.75, 3.05) is 25.1 Å². The topological polar surface area (TPSA) is 55.4 Å². The van der Waals surface area contributed by atoms with E-state index < -0.39 is 21.6 Å². The SMILES string of the molecule is CS(=O)(=O)CCC(Oc1ccc(C(F)(F)F)cc1)[C@@H]1CCNC1. The fraction of sp³-hybridized carbons (Fsp3) is 0.600. The molecule has 0 aromatic heterocycles. The van der Waals surface area contributed by atoms with E-state index in [1.54, 1.807) is 0 Å². The van der Waals surface area contributed by atoms with Gasteiger partial charge in [0, 0.05) is 18.7 Å². The first kappa shape index (κ1) is 18.1. The van der Waals surface area contributed by atoms with E-state index in [-0.39, 0.29) is 17.8 Å². The van der Waals surface area contributed by atoms with Crippen molar-refractivity contribution in [3.63, 3.8) is 0 Å². The monoisotopic (exact) mass is 351 g/mol. The van der Waals surface area contributed by atoms with E-state index in [1.165, 1.54) is 12.1 Å². The fourth-order valence-electron chi connectivity index (χ4n) is 2.61. The number of rotatable bonds is 6. The minimum atomic E-state index is -4.39. The molecule has 1 aromatic rings. The third kappa shape index (κ3) is 5.69. The lowest BCUT2D eigenvalue weighted by molar-refractivity contribution is -0.137. The number of nitrogens with one attached hydrogen (secondary N) is 1. The first-order chi connectivity index (χ1) is 10.6. The number of hydrogen-bond acceptors (Lipinski definition) is 4. The standard InChI is InChI=1S/C15H20F3NO3S/c1-23(20,21)9-7-14(11-6-8-19-10-11)22-13-4-2-12(3-5-13)15(16,17)18/h2-5,11,14,19H,6-10H2,1H3/t11-,14?/m1/s1. The van der Waals surface area contributed by atoms with E-state index in [0.29, 0.717) is 12.2 Å². The predicted octanol–water partition coefficient (Wildman–Crippen LogP) is 2.50. The number of hydrogen-bond donors (Lipinski definition) is 1. The second kappa shape index (κ2) is 7.09. The van der Waals surface area contributed by atoms with Gasteiger partial charge in [-0.15, -0.1) is 0 Å². The van der Waals surface area contributed by atoms with Gasteiger partial charge >= 0.3 is 6.18 Å². The zero-order valence-corrected chi connectivity index (χ0v) is 13.6. The summed E-state index contributed by atoms with van der Waals surface area (Å²) in [5, 5.41) is 3.19. The summed E-state index contributed by atoms with van der Waals surface area (Å²) in [5.74, 6) is 0.469. The Balaban J connectivity index is 2.07. The smallest absolute Gasteiger partial charge is 0.416 e. The summed E-state index contributed by atoms with van der Waals surface area (Å²) in [6.45, 7) is 1.55. The predicted molar refractivity (Wildman–Crippen MR) is 81.2 cm³/mol. The van der Waals surface area contributed by atoms with Gasteiger partial charge in [-0.2, -0.15) is 13.2 Å². The first-order valence-corrected chi connectivity index (χ1v) is 9.43. The van der Waals surface area contributed by atoms with Crippen LogP contribution in [0.15, 0.2) is 24.3 Å². The van der Waals surface area contributed by atoms with Crippen molar-refractivity contribution < 1.29 is 26.3 Å². The summed E-state index contributed by atoms with van der Waals surface area (Å²) in [7, 11) is -3.12. The lowest BCUT2D eigenvalue weighted by Crippen LogP contribution is -2.31. The quantitative estimate of drug-likeness (QED) is 0.856.